The van der Waals surface area contributed by atoms with E-state index in [4.69, 9.17) is 0 Å². The number of benzene rings is 1. The third-order valence-electron chi connectivity index (χ3n) is 5.30. The first-order valence-electron chi connectivity index (χ1n) is 7.87. The molecule has 4 nitrogen and oxygen atoms in total. The van der Waals surface area contributed by atoms with Crippen LogP contribution in [-0.2, 0) is 16.8 Å². The molecule has 1 spiro atoms. The Kier molecular flexibility index (Phi) is 2.82. The molecule has 0 unspecified atom stereocenters. The van der Waals surface area contributed by atoms with E-state index < -0.39 is 12.0 Å². The lowest BCUT2D eigenvalue weighted by Crippen LogP contribution is -3.03. The van der Waals surface area contributed by atoms with E-state index in [2.05, 4.69) is 22.4 Å². The van der Waals surface area contributed by atoms with E-state index in [-0.39, 0.29) is 5.54 Å². The number of aromatic nitrogens is 1. The molecule has 0 bridgehead atoms. The number of aromatic amines is 1. The van der Waals surface area contributed by atoms with Crippen LogP contribution in [0.3, 0.4) is 0 Å². The third kappa shape index (κ3) is 1.89. The molecule has 2 heterocycles. The van der Waals surface area contributed by atoms with Gasteiger partial charge in [-0.3, -0.25) is 0 Å². The first kappa shape index (κ1) is 12.9. The number of carboxylic acids is 1. The molecule has 4 heteroatoms. The fourth-order valence-electron chi connectivity index (χ4n) is 4.34. The number of nitrogens with two attached hydrogens (primary N) is 1. The number of quaternary nitrogens is 1. The van der Waals surface area contributed by atoms with Crippen LogP contribution < -0.4 is 10.4 Å². The van der Waals surface area contributed by atoms with Gasteiger partial charge in [-0.05, 0) is 24.5 Å². The van der Waals surface area contributed by atoms with Crippen LogP contribution in [0.1, 0.15) is 43.4 Å². The minimum Gasteiger partial charge on any atom is -0.544 e. The molecule has 2 aromatic rings. The van der Waals surface area contributed by atoms with Crippen LogP contribution in [0.4, 0.5) is 0 Å². The van der Waals surface area contributed by atoms with E-state index in [0.717, 1.165) is 18.4 Å². The van der Waals surface area contributed by atoms with Crippen molar-refractivity contribution in [2.24, 2.45) is 0 Å². The highest BCUT2D eigenvalue weighted by molar-refractivity contribution is 5.86. The van der Waals surface area contributed by atoms with Gasteiger partial charge >= 0.3 is 0 Å². The summed E-state index contributed by atoms with van der Waals surface area (Å²) >= 11 is 0. The number of fused-ring (bicyclic) bond motifs is 4. The maximum atomic E-state index is 11.5. The van der Waals surface area contributed by atoms with Gasteiger partial charge in [0.05, 0.1) is 11.7 Å². The summed E-state index contributed by atoms with van der Waals surface area (Å²) in [4.78, 5) is 15.1. The summed E-state index contributed by atoms with van der Waals surface area (Å²) in [5.74, 6) is -0.934. The molecule has 1 aliphatic carbocycles. The number of rotatable bonds is 1. The molecular weight excluding hydrogens is 264 g/mol. The largest absolute Gasteiger partial charge is 0.544 e. The van der Waals surface area contributed by atoms with Gasteiger partial charge in [-0.2, -0.15) is 0 Å². The monoisotopic (exact) mass is 284 g/mol. The molecular formula is C17H20N2O2. The molecule has 0 saturated heterocycles. The van der Waals surface area contributed by atoms with Crippen LogP contribution >= 0.6 is 0 Å². The Labute approximate surface area is 123 Å². The minimum atomic E-state index is -0.934. The average molecular weight is 284 g/mol. The molecule has 3 N–H and O–H groups in total. The number of para-hydroxylation sites is 1. The van der Waals surface area contributed by atoms with Crippen molar-refractivity contribution in [3.05, 3.63) is 35.5 Å². The molecule has 110 valence electrons. The fraction of sp³-hybridized carbons (Fsp3) is 0.471. The Morgan fingerprint density at radius 2 is 2.00 bits per heavy atom. The minimum absolute atomic E-state index is 0.0877. The Bertz CT molecular complexity index is 698. The summed E-state index contributed by atoms with van der Waals surface area (Å²) in [5.41, 5.74) is 3.50. The van der Waals surface area contributed by atoms with Crippen LogP contribution in [0.2, 0.25) is 0 Å². The average Bonchev–Trinajstić information content (AvgIpc) is 2.88. The van der Waals surface area contributed by atoms with Crippen molar-refractivity contribution in [3.63, 3.8) is 0 Å². The summed E-state index contributed by atoms with van der Waals surface area (Å²) in [6, 6.07) is 7.76. The van der Waals surface area contributed by atoms with E-state index in [1.165, 1.54) is 35.9 Å². The highest BCUT2D eigenvalue weighted by atomic mass is 16.4. The number of hydrogen-bond donors (Lipinski definition) is 2. The summed E-state index contributed by atoms with van der Waals surface area (Å²) < 4.78 is 0. The Morgan fingerprint density at radius 3 is 2.76 bits per heavy atom. The quantitative estimate of drug-likeness (QED) is 0.803. The highest BCUT2D eigenvalue weighted by Crippen LogP contribution is 2.40. The first-order valence-corrected chi connectivity index (χ1v) is 7.87. The molecule has 1 aromatic heterocycles. The van der Waals surface area contributed by atoms with Gasteiger partial charge in [0, 0.05) is 30.2 Å². The highest BCUT2D eigenvalue weighted by Gasteiger charge is 2.46. The molecule has 21 heavy (non-hydrogen) atoms. The van der Waals surface area contributed by atoms with Gasteiger partial charge in [0.1, 0.15) is 11.6 Å². The number of carboxylic acid groups (broad SMARTS) is 1. The smallest absolute Gasteiger partial charge is 0.137 e. The van der Waals surface area contributed by atoms with Gasteiger partial charge in [0.2, 0.25) is 0 Å². The van der Waals surface area contributed by atoms with Crippen LogP contribution in [0.5, 0.6) is 0 Å². The summed E-state index contributed by atoms with van der Waals surface area (Å²) in [5, 5.41) is 14.7. The molecule has 1 atom stereocenters. The summed E-state index contributed by atoms with van der Waals surface area (Å²) in [6.07, 6.45) is 6.26. The summed E-state index contributed by atoms with van der Waals surface area (Å²) in [6.45, 7) is 0. The number of hydrogen-bond acceptors (Lipinski definition) is 2. The second-order valence-corrected chi connectivity index (χ2v) is 6.54. The van der Waals surface area contributed by atoms with Gasteiger partial charge in [0.25, 0.3) is 0 Å². The van der Waals surface area contributed by atoms with E-state index in [9.17, 15) is 9.90 Å². The van der Waals surface area contributed by atoms with Crippen LogP contribution in [0, 0.1) is 0 Å². The van der Waals surface area contributed by atoms with Crippen LogP contribution in [0.25, 0.3) is 10.9 Å². The molecule has 1 fully saturated rings. The van der Waals surface area contributed by atoms with Crippen LogP contribution in [0.15, 0.2) is 24.3 Å². The Balaban J connectivity index is 1.91. The standard InChI is InChI=1S/C17H20N2O2/c20-16(21)14-10-12-11-6-2-3-7-13(11)18-15(12)17(19-14)8-4-1-5-9-17/h2-3,6-7,14,18-19H,1,4-5,8-10H2,(H,20,21)/t14-/m0/s1. The van der Waals surface area contributed by atoms with E-state index in [0.29, 0.717) is 6.42 Å². The van der Waals surface area contributed by atoms with Gasteiger partial charge < -0.3 is 20.2 Å². The Morgan fingerprint density at radius 1 is 1.24 bits per heavy atom. The van der Waals surface area contributed by atoms with Gasteiger partial charge in [-0.1, -0.05) is 24.6 Å². The SMILES string of the molecule is O=C([O-])[C@@H]1Cc2c([nH]c3ccccc23)C2(CCCCC2)[NH2+]1. The van der Waals surface area contributed by atoms with Crippen molar-refractivity contribution in [3.8, 4) is 0 Å². The lowest BCUT2D eigenvalue weighted by molar-refractivity contribution is -0.766. The van der Waals surface area contributed by atoms with Crippen molar-refractivity contribution in [1.29, 1.82) is 0 Å². The molecule has 2 aliphatic rings. The van der Waals surface area contributed by atoms with E-state index >= 15 is 0 Å². The molecule has 0 amide bonds. The zero-order chi connectivity index (χ0) is 14.4. The van der Waals surface area contributed by atoms with E-state index in [1.807, 2.05) is 12.1 Å². The molecule has 4 rings (SSSR count). The number of carbonyl (C=O) groups excluding carboxylic acids is 1. The number of carbonyl (C=O) groups is 1. The van der Waals surface area contributed by atoms with Gasteiger partial charge in [0.15, 0.2) is 0 Å². The fourth-order valence-corrected chi connectivity index (χ4v) is 4.34. The molecule has 1 saturated carbocycles. The van der Waals surface area contributed by atoms with Crippen molar-refractivity contribution in [1.82, 2.24) is 4.98 Å². The number of H-pyrrole nitrogens is 1. The van der Waals surface area contributed by atoms with Gasteiger partial charge in [-0.15, -0.1) is 0 Å². The maximum absolute atomic E-state index is 11.5. The zero-order valence-electron chi connectivity index (χ0n) is 12.0. The second-order valence-electron chi connectivity index (χ2n) is 6.54. The first-order chi connectivity index (χ1) is 10.2. The maximum Gasteiger partial charge on any atom is 0.137 e. The van der Waals surface area contributed by atoms with Crippen molar-refractivity contribution in [2.45, 2.75) is 50.1 Å². The van der Waals surface area contributed by atoms with Crippen LogP contribution in [-0.4, -0.2) is 17.0 Å². The molecule has 0 radical (unpaired) electrons. The lowest BCUT2D eigenvalue weighted by Gasteiger charge is -2.41. The molecule has 1 aromatic carbocycles. The topological polar surface area (TPSA) is 72.5 Å². The summed E-state index contributed by atoms with van der Waals surface area (Å²) in [7, 11) is 0. The predicted molar refractivity (Wildman–Crippen MR) is 77.5 cm³/mol. The third-order valence-corrected chi connectivity index (χ3v) is 5.30. The number of aliphatic carboxylic acids is 1. The normalized spacial score (nSPS) is 24.1. The second kappa shape index (κ2) is 4.60. The van der Waals surface area contributed by atoms with Gasteiger partial charge in [-0.25, -0.2) is 0 Å². The lowest BCUT2D eigenvalue weighted by atomic mass is 9.74. The zero-order valence-corrected chi connectivity index (χ0v) is 12.0. The van der Waals surface area contributed by atoms with E-state index in [1.54, 1.807) is 0 Å². The Hall–Kier alpha value is -1.81. The van der Waals surface area contributed by atoms with Crippen molar-refractivity contribution >= 4 is 16.9 Å². The predicted octanol–water partition coefficient (Wildman–Crippen LogP) is 0.565. The molecule has 1 aliphatic heterocycles. The van der Waals surface area contributed by atoms with Crippen molar-refractivity contribution < 1.29 is 15.2 Å². The number of nitrogens with one attached hydrogen (secondary N) is 1. The van der Waals surface area contributed by atoms with Crippen molar-refractivity contribution in [2.75, 3.05) is 0 Å².